The van der Waals surface area contributed by atoms with Crippen LogP contribution >= 0.6 is 0 Å². The highest BCUT2D eigenvalue weighted by Crippen LogP contribution is 2.55. The average molecular weight is 743 g/mol. The molecule has 2 aromatic heterocycles. The third kappa shape index (κ3) is 4.68. The number of fused-ring (bicyclic) bond motifs is 10. The third-order valence-electron chi connectivity index (χ3n) is 12.6. The highest BCUT2D eigenvalue weighted by Gasteiger charge is 2.38. The van der Waals surface area contributed by atoms with E-state index in [0.29, 0.717) is 0 Å². The first kappa shape index (κ1) is 32.8. The van der Waals surface area contributed by atoms with Gasteiger partial charge in [0.1, 0.15) is 11.2 Å². The highest BCUT2D eigenvalue weighted by molar-refractivity contribution is 6.18. The van der Waals surface area contributed by atoms with Gasteiger partial charge in [0, 0.05) is 44.1 Å². The van der Waals surface area contributed by atoms with Gasteiger partial charge in [-0.05, 0) is 99.8 Å². The number of nitrogens with zero attached hydrogens (tertiary/aromatic N) is 2. The molecular weight excluding hydrogens is 705 g/mol. The molecule has 0 bridgehead atoms. The minimum Gasteiger partial charge on any atom is -0.455 e. The summed E-state index contributed by atoms with van der Waals surface area (Å²) >= 11 is 0. The minimum absolute atomic E-state index is 0.147. The van der Waals surface area contributed by atoms with Crippen LogP contribution in [0.4, 0.5) is 17.1 Å². The second-order valence-corrected chi connectivity index (χ2v) is 16.1. The van der Waals surface area contributed by atoms with Crippen molar-refractivity contribution in [3.05, 3.63) is 205 Å². The summed E-state index contributed by atoms with van der Waals surface area (Å²) in [6.07, 6.45) is 0. The molecule has 0 spiro atoms. The molecule has 0 radical (unpaired) electrons. The van der Waals surface area contributed by atoms with Gasteiger partial charge >= 0.3 is 0 Å². The lowest BCUT2D eigenvalue weighted by Crippen LogP contribution is -2.16. The summed E-state index contributed by atoms with van der Waals surface area (Å²) < 4.78 is 9.30. The van der Waals surface area contributed by atoms with E-state index in [1.165, 1.54) is 54.8 Å². The standard InChI is InChI=1S/C55H38N2O/c1-55(2)45-20-9-5-18-43(45)52-46(55)21-13-24-49(52)57(39-30-28-38(29-31-39)56-47-22-10-6-16-41(47)42-17-7-11-23-48(42)56)50-33-32-40(37-27-26-35-14-3-4-15-36(35)34-37)54-53(50)44-19-8-12-25-51(44)58-54/h3-34H,1-2H3. The molecule has 0 aliphatic heterocycles. The summed E-state index contributed by atoms with van der Waals surface area (Å²) in [6, 6.07) is 70.6. The first-order valence-corrected chi connectivity index (χ1v) is 20.1. The van der Waals surface area contributed by atoms with E-state index in [2.05, 4.69) is 217 Å². The molecule has 2 heterocycles. The summed E-state index contributed by atoms with van der Waals surface area (Å²) in [5.41, 5.74) is 15.9. The fourth-order valence-electron chi connectivity index (χ4n) is 9.86. The summed E-state index contributed by atoms with van der Waals surface area (Å²) in [5, 5.41) is 7.13. The van der Waals surface area contributed by atoms with Crippen molar-refractivity contribution in [1.82, 2.24) is 4.57 Å². The maximum Gasteiger partial charge on any atom is 0.145 e. The van der Waals surface area contributed by atoms with Crippen LogP contribution < -0.4 is 4.90 Å². The molecule has 0 N–H and O–H groups in total. The van der Waals surface area contributed by atoms with Gasteiger partial charge in [-0.2, -0.15) is 0 Å². The van der Waals surface area contributed by atoms with Gasteiger partial charge in [0.15, 0.2) is 0 Å². The van der Waals surface area contributed by atoms with E-state index >= 15 is 0 Å². The molecule has 12 rings (SSSR count). The Morgan fingerprint density at radius 2 is 1.14 bits per heavy atom. The van der Waals surface area contributed by atoms with E-state index in [1.54, 1.807) is 0 Å². The number of furan rings is 1. The number of aromatic nitrogens is 1. The van der Waals surface area contributed by atoms with Crippen LogP contribution in [0.15, 0.2) is 199 Å². The molecule has 0 unspecified atom stereocenters. The van der Waals surface area contributed by atoms with Gasteiger partial charge in [-0.3, -0.25) is 0 Å². The van der Waals surface area contributed by atoms with Crippen LogP contribution in [0.3, 0.4) is 0 Å². The van der Waals surface area contributed by atoms with Crippen LogP contribution in [0.25, 0.3) is 82.5 Å². The lowest BCUT2D eigenvalue weighted by molar-refractivity contribution is 0.660. The van der Waals surface area contributed by atoms with Gasteiger partial charge in [0.05, 0.1) is 27.8 Å². The molecule has 1 aliphatic carbocycles. The van der Waals surface area contributed by atoms with E-state index in [1.807, 2.05) is 0 Å². The van der Waals surface area contributed by atoms with Crippen molar-refractivity contribution in [2.24, 2.45) is 0 Å². The molecule has 0 amide bonds. The zero-order valence-corrected chi connectivity index (χ0v) is 32.3. The Morgan fingerprint density at radius 3 is 1.93 bits per heavy atom. The number of hydrogen-bond donors (Lipinski definition) is 0. The van der Waals surface area contributed by atoms with Crippen molar-refractivity contribution in [1.29, 1.82) is 0 Å². The van der Waals surface area contributed by atoms with Crippen LogP contribution in [0.1, 0.15) is 25.0 Å². The van der Waals surface area contributed by atoms with E-state index in [0.717, 1.165) is 55.8 Å². The lowest BCUT2D eigenvalue weighted by Gasteiger charge is -2.30. The van der Waals surface area contributed by atoms with Gasteiger partial charge in [-0.25, -0.2) is 0 Å². The summed E-state index contributed by atoms with van der Waals surface area (Å²) in [7, 11) is 0. The number of para-hydroxylation sites is 3. The molecule has 0 saturated carbocycles. The Balaban J connectivity index is 1.13. The van der Waals surface area contributed by atoms with E-state index < -0.39 is 0 Å². The monoisotopic (exact) mass is 742 g/mol. The SMILES string of the molecule is CC1(C)c2ccccc2-c2c(N(c3ccc(-n4c5ccccc5c5ccccc54)cc3)c3ccc(-c4ccc5ccccc5c4)c4oc5ccccc5c34)cccc21. The lowest BCUT2D eigenvalue weighted by atomic mass is 9.82. The van der Waals surface area contributed by atoms with E-state index in [-0.39, 0.29) is 5.41 Å². The van der Waals surface area contributed by atoms with Gasteiger partial charge in [0.2, 0.25) is 0 Å². The fourth-order valence-corrected chi connectivity index (χ4v) is 9.86. The first-order chi connectivity index (χ1) is 28.5. The van der Waals surface area contributed by atoms with Crippen molar-refractivity contribution >= 4 is 71.6 Å². The molecule has 1 aliphatic rings. The van der Waals surface area contributed by atoms with Crippen LogP contribution in [-0.2, 0) is 5.41 Å². The maximum absolute atomic E-state index is 6.91. The van der Waals surface area contributed by atoms with Crippen molar-refractivity contribution in [3.63, 3.8) is 0 Å². The summed E-state index contributed by atoms with van der Waals surface area (Å²) in [4.78, 5) is 2.47. The number of hydrogen-bond acceptors (Lipinski definition) is 2. The Bertz CT molecular complexity index is 3380. The van der Waals surface area contributed by atoms with Gasteiger partial charge in [-0.15, -0.1) is 0 Å². The minimum atomic E-state index is -0.147. The maximum atomic E-state index is 6.91. The van der Waals surface area contributed by atoms with Gasteiger partial charge in [0.25, 0.3) is 0 Å². The number of anilines is 3. The second kappa shape index (κ2) is 12.3. The molecule has 58 heavy (non-hydrogen) atoms. The van der Waals surface area contributed by atoms with Crippen molar-refractivity contribution in [2.75, 3.05) is 4.90 Å². The van der Waals surface area contributed by atoms with E-state index in [9.17, 15) is 0 Å². The fraction of sp³-hybridized carbons (Fsp3) is 0.0545. The average Bonchev–Trinajstić information content (AvgIpc) is 3.90. The second-order valence-electron chi connectivity index (χ2n) is 16.1. The predicted octanol–water partition coefficient (Wildman–Crippen LogP) is 15.3. The van der Waals surface area contributed by atoms with E-state index in [4.69, 9.17) is 4.42 Å². The molecule has 9 aromatic carbocycles. The van der Waals surface area contributed by atoms with Crippen LogP contribution in [0, 0.1) is 0 Å². The summed E-state index contributed by atoms with van der Waals surface area (Å²) in [5.74, 6) is 0. The Kier molecular flexibility index (Phi) is 6.98. The predicted molar refractivity (Wildman–Crippen MR) is 243 cm³/mol. The molecule has 0 fully saturated rings. The normalized spacial score (nSPS) is 13.1. The molecule has 3 heteroatoms. The van der Waals surface area contributed by atoms with Crippen molar-refractivity contribution in [2.45, 2.75) is 19.3 Å². The smallest absolute Gasteiger partial charge is 0.145 e. The zero-order valence-electron chi connectivity index (χ0n) is 32.3. The zero-order chi connectivity index (χ0) is 38.5. The molecular formula is C55H38N2O. The van der Waals surface area contributed by atoms with Gasteiger partial charge in [-0.1, -0.05) is 141 Å². The quantitative estimate of drug-likeness (QED) is 0.175. The molecule has 11 aromatic rings. The molecule has 274 valence electrons. The topological polar surface area (TPSA) is 21.3 Å². The molecule has 0 saturated heterocycles. The Morgan fingerprint density at radius 1 is 0.483 bits per heavy atom. The number of benzene rings is 9. The molecule has 0 atom stereocenters. The van der Waals surface area contributed by atoms with Crippen LogP contribution in [-0.4, -0.2) is 4.57 Å². The van der Waals surface area contributed by atoms with Crippen LogP contribution in [0.2, 0.25) is 0 Å². The van der Waals surface area contributed by atoms with Gasteiger partial charge < -0.3 is 13.9 Å². The first-order valence-electron chi connectivity index (χ1n) is 20.1. The number of rotatable bonds is 5. The Hall–Kier alpha value is -7.36. The van der Waals surface area contributed by atoms with Crippen molar-refractivity contribution in [3.8, 4) is 27.9 Å². The summed E-state index contributed by atoms with van der Waals surface area (Å²) in [6.45, 7) is 4.71. The Labute approximate surface area is 336 Å². The van der Waals surface area contributed by atoms with Crippen LogP contribution in [0.5, 0.6) is 0 Å². The van der Waals surface area contributed by atoms with Crippen molar-refractivity contribution < 1.29 is 4.42 Å². The third-order valence-corrected chi connectivity index (χ3v) is 12.6. The highest BCUT2D eigenvalue weighted by atomic mass is 16.3. The molecule has 3 nitrogen and oxygen atoms in total. The largest absolute Gasteiger partial charge is 0.455 e.